The molecule has 160 valence electrons. The molecule has 2 N–H and O–H groups in total. The number of carbonyl (C=O) groups excluding carboxylic acids is 1. The van der Waals surface area contributed by atoms with Gasteiger partial charge in [-0.05, 0) is 61.9 Å². The number of rotatable bonds is 4. The van der Waals surface area contributed by atoms with Gasteiger partial charge >= 0.3 is 6.18 Å². The second-order valence-corrected chi connectivity index (χ2v) is 7.05. The number of aliphatic imine (C=N–C) groups is 1. The average Bonchev–Trinajstić information content (AvgIpc) is 2.71. The maximum atomic E-state index is 13.0. The van der Waals surface area contributed by atoms with Gasteiger partial charge in [0.15, 0.2) is 0 Å². The number of guanidine groups is 1. The van der Waals surface area contributed by atoms with Crippen molar-refractivity contribution in [1.29, 1.82) is 0 Å². The van der Waals surface area contributed by atoms with Crippen molar-refractivity contribution in [2.45, 2.75) is 26.6 Å². The van der Waals surface area contributed by atoms with Gasteiger partial charge in [-0.1, -0.05) is 23.3 Å². The van der Waals surface area contributed by atoms with E-state index in [0.29, 0.717) is 5.56 Å². The molecule has 0 spiro atoms. The van der Waals surface area contributed by atoms with E-state index in [1.165, 1.54) is 12.1 Å². The van der Waals surface area contributed by atoms with Crippen LogP contribution in [0, 0.1) is 13.8 Å². The Morgan fingerprint density at radius 1 is 1.00 bits per heavy atom. The normalized spacial score (nSPS) is 11.8. The third-order valence-corrected chi connectivity index (χ3v) is 4.34. The molecule has 0 saturated carbocycles. The molecule has 0 fully saturated rings. The summed E-state index contributed by atoms with van der Waals surface area (Å²) >= 11 is 0. The summed E-state index contributed by atoms with van der Waals surface area (Å²) in [5, 5.41) is 5.46. The lowest BCUT2D eigenvalue weighted by Gasteiger charge is -2.14. The molecule has 8 heteroatoms. The van der Waals surface area contributed by atoms with Gasteiger partial charge in [0.1, 0.15) is 0 Å². The van der Waals surface area contributed by atoms with Crippen molar-refractivity contribution in [3.05, 3.63) is 94.8 Å². The molecule has 1 aromatic heterocycles. The minimum atomic E-state index is -4.48. The highest BCUT2D eigenvalue weighted by molar-refractivity contribution is 6.10. The lowest BCUT2D eigenvalue weighted by Crippen LogP contribution is -2.36. The van der Waals surface area contributed by atoms with Crippen molar-refractivity contribution in [3.63, 3.8) is 0 Å². The minimum absolute atomic E-state index is 0.0419. The molecule has 3 aromatic rings. The molecule has 0 aliphatic carbocycles. The second kappa shape index (κ2) is 9.42. The predicted molar refractivity (Wildman–Crippen MR) is 114 cm³/mol. The molecule has 0 saturated heterocycles. The van der Waals surface area contributed by atoms with Crippen LogP contribution in [0.5, 0.6) is 0 Å². The first kappa shape index (κ1) is 22.0. The third-order valence-electron chi connectivity index (χ3n) is 4.34. The molecular formula is C23H21F3N4O. The summed E-state index contributed by atoms with van der Waals surface area (Å²) in [6.07, 6.45) is -1.26. The number of aromatic nitrogens is 1. The third kappa shape index (κ3) is 6.40. The van der Waals surface area contributed by atoms with E-state index in [1.807, 2.05) is 19.9 Å². The van der Waals surface area contributed by atoms with E-state index in [9.17, 15) is 18.0 Å². The number of pyridine rings is 1. The zero-order valence-electron chi connectivity index (χ0n) is 17.0. The topological polar surface area (TPSA) is 66.4 Å². The van der Waals surface area contributed by atoms with Crippen molar-refractivity contribution in [1.82, 2.24) is 10.3 Å². The Bertz CT molecular complexity index is 1080. The quantitative estimate of drug-likeness (QED) is 0.450. The number of aryl methyl sites for hydroxylation is 2. The van der Waals surface area contributed by atoms with Gasteiger partial charge < -0.3 is 5.32 Å². The van der Waals surface area contributed by atoms with Crippen LogP contribution in [0.3, 0.4) is 0 Å². The highest BCUT2D eigenvalue weighted by Gasteiger charge is 2.30. The zero-order chi connectivity index (χ0) is 22.4. The van der Waals surface area contributed by atoms with Crippen molar-refractivity contribution in [3.8, 4) is 0 Å². The van der Waals surface area contributed by atoms with E-state index in [1.54, 1.807) is 36.7 Å². The number of benzene rings is 2. The molecule has 0 radical (unpaired) electrons. The van der Waals surface area contributed by atoms with Crippen LogP contribution in [0.1, 0.15) is 32.6 Å². The fraction of sp³-hybridized carbons (Fsp3) is 0.174. The van der Waals surface area contributed by atoms with E-state index >= 15 is 0 Å². The van der Waals surface area contributed by atoms with Gasteiger partial charge in [0.2, 0.25) is 5.96 Å². The molecule has 31 heavy (non-hydrogen) atoms. The fourth-order valence-electron chi connectivity index (χ4n) is 2.96. The highest BCUT2D eigenvalue weighted by Crippen LogP contribution is 2.30. The highest BCUT2D eigenvalue weighted by atomic mass is 19.4. The Kier molecular flexibility index (Phi) is 6.69. The van der Waals surface area contributed by atoms with Gasteiger partial charge in [-0.3, -0.25) is 15.1 Å². The summed E-state index contributed by atoms with van der Waals surface area (Å²) in [4.78, 5) is 21.1. The number of nitrogens with zero attached hydrogens (tertiary/aromatic N) is 2. The van der Waals surface area contributed by atoms with Gasteiger partial charge in [-0.25, -0.2) is 4.99 Å². The lowest BCUT2D eigenvalue weighted by atomic mass is 10.1. The molecule has 0 aliphatic heterocycles. The van der Waals surface area contributed by atoms with Gasteiger partial charge in [0.05, 0.1) is 12.1 Å². The Hall–Kier alpha value is -3.68. The molecule has 1 amide bonds. The summed E-state index contributed by atoms with van der Waals surface area (Å²) in [6.45, 7) is 3.96. The van der Waals surface area contributed by atoms with Crippen LogP contribution < -0.4 is 10.6 Å². The Morgan fingerprint density at radius 3 is 2.32 bits per heavy atom. The maximum absolute atomic E-state index is 13.0. The monoisotopic (exact) mass is 426 g/mol. The first-order chi connectivity index (χ1) is 14.7. The Balaban J connectivity index is 1.86. The van der Waals surface area contributed by atoms with Gasteiger partial charge in [0.25, 0.3) is 5.91 Å². The average molecular weight is 426 g/mol. The van der Waals surface area contributed by atoms with Crippen LogP contribution >= 0.6 is 0 Å². The molecule has 0 unspecified atom stereocenters. The van der Waals surface area contributed by atoms with Crippen LogP contribution in [0.25, 0.3) is 0 Å². The van der Waals surface area contributed by atoms with E-state index in [0.717, 1.165) is 28.8 Å². The Labute approximate surface area is 178 Å². The summed E-state index contributed by atoms with van der Waals surface area (Å²) < 4.78 is 39.1. The number of alkyl halides is 3. The number of hydrogen-bond acceptors (Lipinski definition) is 3. The smallest absolute Gasteiger partial charge is 0.326 e. The van der Waals surface area contributed by atoms with Gasteiger partial charge in [-0.2, -0.15) is 13.2 Å². The van der Waals surface area contributed by atoms with Crippen molar-refractivity contribution in [2.75, 3.05) is 5.32 Å². The minimum Gasteiger partial charge on any atom is -0.326 e. The molecule has 3 rings (SSSR count). The molecule has 0 aliphatic rings. The zero-order valence-corrected chi connectivity index (χ0v) is 17.0. The van der Waals surface area contributed by atoms with Crippen LogP contribution in [0.2, 0.25) is 0 Å². The summed E-state index contributed by atoms with van der Waals surface area (Å²) in [6, 6.07) is 13.6. The predicted octanol–water partition coefficient (Wildman–Crippen LogP) is 5.12. The standard InChI is InChI=1S/C23H21F3N4O/c1-15-10-16(2)12-18(11-15)21(31)30-22(28-14-17-6-8-27-9-7-17)29-20-5-3-4-19(13-20)23(24,25)26/h3-13H,14H2,1-2H3,(H2,28,29,30,31). The van der Waals surface area contributed by atoms with Crippen LogP contribution in [0.4, 0.5) is 18.9 Å². The van der Waals surface area contributed by atoms with E-state index in [4.69, 9.17) is 0 Å². The van der Waals surface area contributed by atoms with E-state index in [-0.39, 0.29) is 18.2 Å². The van der Waals surface area contributed by atoms with Crippen LogP contribution in [0.15, 0.2) is 72.0 Å². The van der Waals surface area contributed by atoms with E-state index in [2.05, 4.69) is 20.6 Å². The van der Waals surface area contributed by atoms with Crippen molar-refractivity contribution in [2.24, 2.45) is 4.99 Å². The fourth-order valence-corrected chi connectivity index (χ4v) is 2.96. The lowest BCUT2D eigenvalue weighted by molar-refractivity contribution is -0.137. The number of carbonyl (C=O) groups is 1. The number of nitrogens with one attached hydrogen (secondary N) is 2. The molecule has 2 aromatic carbocycles. The molecule has 1 heterocycles. The van der Waals surface area contributed by atoms with Crippen LogP contribution in [-0.2, 0) is 12.7 Å². The van der Waals surface area contributed by atoms with E-state index < -0.39 is 17.6 Å². The molecule has 5 nitrogen and oxygen atoms in total. The molecule has 0 atom stereocenters. The summed E-state index contributed by atoms with van der Waals surface area (Å²) in [5.74, 6) is -0.375. The number of anilines is 1. The van der Waals surface area contributed by atoms with Crippen LogP contribution in [-0.4, -0.2) is 16.9 Å². The van der Waals surface area contributed by atoms with Gasteiger partial charge in [-0.15, -0.1) is 0 Å². The number of halogens is 3. The summed E-state index contributed by atoms with van der Waals surface area (Å²) in [7, 11) is 0. The number of hydrogen-bond donors (Lipinski definition) is 2. The van der Waals surface area contributed by atoms with Gasteiger partial charge in [0, 0.05) is 23.6 Å². The SMILES string of the molecule is Cc1cc(C)cc(C(=O)NC(=NCc2ccncc2)Nc2cccc(C(F)(F)F)c2)c1. The number of amides is 1. The first-order valence-corrected chi connectivity index (χ1v) is 9.48. The largest absolute Gasteiger partial charge is 0.416 e. The van der Waals surface area contributed by atoms with Crippen molar-refractivity contribution < 1.29 is 18.0 Å². The first-order valence-electron chi connectivity index (χ1n) is 9.48. The Morgan fingerprint density at radius 2 is 1.68 bits per heavy atom. The second-order valence-electron chi connectivity index (χ2n) is 7.05. The molecular weight excluding hydrogens is 405 g/mol. The maximum Gasteiger partial charge on any atom is 0.416 e. The molecule has 0 bridgehead atoms. The van der Waals surface area contributed by atoms with Crippen molar-refractivity contribution >= 4 is 17.6 Å². The summed E-state index contributed by atoms with van der Waals surface area (Å²) in [5.41, 5.74) is 2.46.